The van der Waals surface area contributed by atoms with Gasteiger partial charge in [0, 0.05) is 49.6 Å². The van der Waals surface area contributed by atoms with Gasteiger partial charge in [-0.15, -0.1) is 11.8 Å². The fraction of sp³-hybridized carbons (Fsp3) is 0.578. The average molecular weight is 951 g/mol. The van der Waals surface area contributed by atoms with E-state index < -0.39 is 45.6 Å². The molecule has 5 heterocycles. The lowest BCUT2D eigenvalue weighted by atomic mass is 9.87. The van der Waals surface area contributed by atoms with Gasteiger partial charge in [-0.3, -0.25) is 54.0 Å². The Morgan fingerprint density at radius 2 is 1.68 bits per heavy atom. The standard InChI is InChI=1S/C45H62N10O9S2/c1-26-27(2)54(66(4,63)64)23-32(26)41(59)49-22-38(57)52-45-50-34(25-65-45)30-11-8-10-28(20-30)29-16-19-47-36(21-29)53(3)24-39(58)48-18-7-5-6-17-46-33-13-9-12-31-40(33)44(62)55(43(31)61)35-14-15-37(56)51-42(35)60/h8-13,20,26-27,29,32,34-36,45-47,50H,5-7,14-19,21-25H2,1-4H3,(H,48,58)(H,49,59)(H,52,57)(H,51,56,60). The Labute approximate surface area is 390 Å². The van der Waals surface area contributed by atoms with Crippen molar-refractivity contribution < 1.29 is 42.0 Å². The van der Waals surface area contributed by atoms with Crippen LogP contribution < -0.4 is 37.2 Å². The van der Waals surface area contributed by atoms with Crippen LogP contribution in [0.15, 0.2) is 42.5 Å². The molecular weight excluding hydrogens is 889 g/mol. The molecule has 358 valence electrons. The molecule has 4 saturated heterocycles. The molecule has 7 amide bonds. The summed E-state index contributed by atoms with van der Waals surface area (Å²) in [6, 6.07) is 12.2. The van der Waals surface area contributed by atoms with Crippen molar-refractivity contribution in [1.29, 1.82) is 0 Å². The number of hydrogen-bond donors (Lipinski definition) is 7. The Kier molecular flexibility index (Phi) is 15.9. The van der Waals surface area contributed by atoms with E-state index in [1.807, 2.05) is 18.9 Å². The van der Waals surface area contributed by atoms with Crippen LogP contribution in [0, 0.1) is 11.8 Å². The van der Waals surface area contributed by atoms with Crippen LogP contribution in [0.1, 0.15) is 103 Å². The van der Waals surface area contributed by atoms with Crippen LogP contribution in [0.25, 0.3) is 0 Å². The predicted octanol–water partition coefficient (Wildman–Crippen LogP) is 1.02. The van der Waals surface area contributed by atoms with Crippen LogP contribution in [0.5, 0.6) is 0 Å². The van der Waals surface area contributed by atoms with Gasteiger partial charge in [-0.25, -0.2) is 8.42 Å². The fourth-order valence-electron chi connectivity index (χ4n) is 9.62. The molecule has 0 saturated carbocycles. The minimum Gasteiger partial charge on any atom is -0.384 e. The van der Waals surface area contributed by atoms with Crippen molar-refractivity contribution in [2.24, 2.45) is 11.8 Å². The zero-order valence-corrected chi connectivity index (χ0v) is 39.5. The summed E-state index contributed by atoms with van der Waals surface area (Å²) in [6.45, 7) is 5.67. The highest BCUT2D eigenvalue weighted by Crippen LogP contribution is 2.35. The van der Waals surface area contributed by atoms with Crippen molar-refractivity contribution in [3.63, 3.8) is 0 Å². The molecule has 0 aromatic heterocycles. The van der Waals surface area contributed by atoms with E-state index in [1.54, 1.807) is 36.9 Å². The second-order valence-electron chi connectivity index (χ2n) is 18.0. The maximum Gasteiger partial charge on any atom is 0.264 e. The highest BCUT2D eigenvalue weighted by Gasteiger charge is 2.46. The summed E-state index contributed by atoms with van der Waals surface area (Å²) >= 11 is 1.58. The van der Waals surface area contributed by atoms with E-state index in [0.29, 0.717) is 24.7 Å². The van der Waals surface area contributed by atoms with E-state index in [2.05, 4.69) is 61.5 Å². The number of fused-ring (bicyclic) bond motifs is 1. The van der Waals surface area contributed by atoms with Crippen molar-refractivity contribution in [2.75, 3.05) is 63.6 Å². The van der Waals surface area contributed by atoms with Gasteiger partial charge in [0.05, 0.1) is 42.6 Å². The first kappa shape index (κ1) is 49.0. The number of sulfonamides is 1. The lowest BCUT2D eigenvalue weighted by molar-refractivity contribution is -0.136. The lowest BCUT2D eigenvalue weighted by Gasteiger charge is -2.36. The number of anilines is 1. The first-order valence-corrected chi connectivity index (χ1v) is 25.7. The molecule has 7 rings (SSSR count). The van der Waals surface area contributed by atoms with Crippen molar-refractivity contribution in [1.82, 2.24) is 46.0 Å². The third-order valence-electron chi connectivity index (χ3n) is 13.5. The number of hydrogen-bond acceptors (Lipinski definition) is 14. The van der Waals surface area contributed by atoms with Crippen LogP contribution in [0.4, 0.5) is 5.69 Å². The van der Waals surface area contributed by atoms with E-state index in [9.17, 15) is 42.0 Å². The number of carbonyl (C=O) groups is 7. The predicted molar refractivity (Wildman–Crippen MR) is 248 cm³/mol. The van der Waals surface area contributed by atoms with Gasteiger partial charge in [-0.2, -0.15) is 4.31 Å². The largest absolute Gasteiger partial charge is 0.384 e. The fourth-order valence-corrected chi connectivity index (χ4v) is 12.0. The van der Waals surface area contributed by atoms with Gasteiger partial charge < -0.3 is 26.6 Å². The zero-order chi connectivity index (χ0) is 47.3. The molecule has 66 heavy (non-hydrogen) atoms. The highest BCUT2D eigenvalue weighted by molar-refractivity contribution is 8.00. The molecule has 8 unspecified atom stereocenters. The van der Waals surface area contributed by atoms with E-state index in [-0.39, 0.29) is 91.0 Å². The SMILES string of the molecule is CC1C(C(=O)NCC(=O)NC2NC(c3cccc(C4CCNC(N(C)CC(=O)NCCCCCNc5cccc6c5C(=O)N(C5CCC(=O)NC5=O)C6=O)C4)c3)CS2)CN(S(C)(=O)=O)C1C. The number of amides is 7. The minimum absolute atomic E-state index is 0.0138. The van der Waals surface area contributed by atoms with Gasteiger partial charge in [-0.05, 0) is 94.1 Å². The summed E-state index contributed by atoms with van der Waals surface area (Å²) in [4.78, 5) is 92.2. The monoisotopic (exact) mass is 950 g/mol. The maximum atomic E-state index is 13.3. The quantitative estimate of drug-likeness (QED) is 0.0816. The average Bonchev–Trinajstić information content (AvgIpc) is 3.96. The third kappa shape index (κ3) is 11.4. The van der Waals surface area contributed by atoms with E-state index in [1.165, 1.54) is 9.87 Å². The topological polar surface area (TPSA) is 248 Å². The number of nitrogens with zero attached hydrogens (tertiary/aromatic N) is 3. The van der Waals surface area contributed by atoms with Crippen LogP contribution in [0.2, 0.25) is 0 Å². The van der Waals surface area contributed by atoms with E-state index in [0.717, 1.165) is 61.1 Å². The van der Waals surface area contributed by atoms with E-state index in [4.69, 9.17) is 0 Å². The summed E-state index contributed by atoms with van der Waals surface area (Å²) in [6.07, 6.45) is 5.45. The number of rotatable bonds is 18. The first-order chi connectivity index (χ1) is 31.5. The molecule has 0 spiro atoms. The Bertz CT molecular complexity index is 2320. The Hall–Kier alpha value is -4.93. The molecule has 2 aromatic carbocycles. The Morgan fingerprint density at radius 1 is 0.924 bits per heavy atom. The normalized spacial score (nSPS) is 26.9. The molecule has 7 N–H and O–H groups in total. The van der Waals surface area contributed by atoms with Crippen LogP contribution in [-0.4, -0.2) is 146 Å². The highest BCUT2D eigenvalue weighted by atomic mass is 32.2. The van der Waals surface area contributed by atoms with Crippen molar-refractivity contribution in [2.45, 2.75) is 94.5 Å². The molecule has 19 nitrogen and oxygen atoms in total. The zero-order valence-electron chi connectivity index (χ0n) is 37.9. The lowest BCUT2D eigenvalue weighted by Crippen LogP contribution is -2.54. The van der Waals surface area contributed by atoms with Gasteiger partial charge >= 0.3 is 0 Å². The first-order valence-electron chi connectivity index (χ1n) is 22.8. The molecule has 0 radical (unpaired) electrons. The summed E-state index contributed by atoms with van der Waals surface area (Å²) in [5.41, 5.74) is 2.99. The summed E-state index contributed by atoms with van der Waals surface area (Å²) in [7, 11) is -1.49. The number of thioether (sulfide) groups is 1. The number of likely N-dealkylation sites (N-methyl/N-ethyl adjacent to an activating group) is 1. The number of carbonyl (C=O) groups excluding carboxylic acids is 7. The van der Waals surface area contributed by atoms with Gasteiger partial charge in [-0.1, -0.05) is 37.3 Å². The maximum absolute atomic E-state index is 13.3. The molecular formula is C45H62N10O9S2. The van der Waals surface area contributed by atoms with E-state index >= 15 is 0 Å². The molecule has 21 heteroatoms. The Balaban J connectivity index is 0.788. The van der Waals surface area contributed by atoms with Crippen LogP contribution in [-0.2, 0) is 34.0 Å². The second-order valence-corrected chi connectivity index (χ2v) is 21.1. The summed E-state index contributed by atoms with van der Waals surface area (Å²) < 4.78 is 25.6. The van der Waals surface area contributed by atoms with Gasteiger partial charge in [0.2, 0.25) is 39.6 Å². The number of unbranched alkanes of at least 4 members (excludes halogenated alkanes) is 2. The number of imide groups is 2. The van der Waals surface area contributed by atoms with Gasteiger partial charge in [0.1, 0.15) is 11.5 Å². The van der Waals surface area contributed by atoms with Crippen molar-refractivity contribution in [3.8, 4) is 0 Å². The molecule has 5 aliphatic heterocycles. The van der Waals surface area contributed by atoms with Crippen LogP contribution >= 0.6 is 11.8 Å². The number of benzene rings is 2. The number of nitrogens with one attached hydrogen (secondary N) is 7. The molecule has 4 fully saturated rings. The summed E-state index contributed by atoms with van der Waals surface area (Å²) in [5.74, 6) is -2.55. The molecule has 2 aromatic rings. The summed E-state index contributed by atoms with van der Waals surface area (Å²) in [5, 5.41) is 21.2. The molecule has 8 atom stereocenters. The number of piperidine rings is 2. The molecule has 5 aliphatic rings. The van der Waals surface area contributed by atoms with Crippen molar-refractivity contribution in [3.05, 3.63) is 64.7 Å². The molecule has 0 bridgehead atoms. The Morgan fingerprint density at radius 3 is 2.44 bits per heavy atom. The van der Waals surface area contributed by atoms with Crippen LogP contribution in [0.3, 0.4) is 0 Å². The minimum atomic E-state index is -3.44. The smallest absolute Gasteiger partial charge is 0.264 e. The molecule has 0 aliphatic carbocycles. The van der Waals surface area contributed by atoms with Gasteiger partial charge in [0.15, 0.2) is 0 Å². The van der Waals surface area contributed by atoms with Crippen molar-refractivity contribution >= 4 is 68.8 Å². The van der Waals surface area contributed by atoms with Gasteiger partial charge in [0.25, 0.3) is 11.8 Å². The third-order valence-corrected chi connectivity index (χ3v) is 16.0. The second kappa shape index (κ2) is 21.4.